The van der Waals surface area contributed by atoms with Gasteiger partial charge in [-0.3, -0.25) is 4.90 Å². The van der Waals surface area contributed by atoms with Crippen LogP contribution < -0.4 is 5.73 Å². The molecule has 0 bridgehead atoms. The number of rotatable bonds is 2. The quantitative estimate of drug-likeness (QED) is 0.881. The lowest BCUT2D eigenvalue weighted by atomic mass is 10.1. The maximum Gasteiger partial charge on any atom is 0.410 e. The van der Waals surface area contributed by atoms with Crippen molar-refractivity contribution in [3.63, 3.8) is 0 Å². The Labute approximate surface area is 150 Å². The van der Waals surface area contributed by atoms with Gasteiger partial charge in [-0.1, -0.05) is 29.8 Å². The molecule has 1 aliphatic heterocycles. The molecular formula is C18H30ClN3O2. The van der Waals surface area contributed by atoms with E-state index in [1.54, 1.807) is 4.90 Å². The molecule has 1 amide bonds. The van der Waals surface area contributed by atoms with Gasteiger partial charge in [0.15, 0.2) is 0 Å². The lowest BCUT2D eigenvalue weighted by molar-refractivity contribution is 0.0110. The Hall–Kier alpha value is -1.30. The summed E-state index contributed by atoms with van der Waals surface area (Å²) in [6, 6.07) is 8.18. The van der Waals surface area contributed by atoms with Crippen molar-refractivity contribution in [2.45, 2.75) is 39.3 Å². The zero-order chi connectivity index (χ0) is 18.3. The van der Waals surface area contributed by atoms with Gasteiger partial charge in [0.05, 0.1) is 0 Å². The summed E-state index contributed by atoms with van der Waals surface area (Å²) in [5.74, 6) is 0. The van der Waals surface area contributed by atoms with Gasteiger partial charge in [-0.15, -0.1) is 0 Å². The number of carbonyl (C=O) groups is 1. The zero-order valence-electron chi connectivity index (χ0n) is 15.4. The normalized spacial score (nSPS) is 16.9. The number of amides is 1. The third kappa shape index (κ3) is 5.96. The molecule has 1 heterocycles. The van der Waals surface area contributed by atoms with E-state index in [4.69, 9.17) is 16.3 Å². The highest BCUT2D eigenvalue weighted by Crippen LogP contribution is 2.27. The summed E-state index contributed by atoms with van der Waals surface area (Å²) in [7, 11) is 1.50. The first-order valence-corrected chi connectivity index (χ1v) is 8.70. The Morgan fingerprint density at radius 3 is 2.21 bits per heavy atom. The summed E-state index contributed by atoms with van der Waals surface area (Å²) >= 11 is 6.28. The van der Waals surface area contributed by atoms with Crippen LogP contribution in [0.25, 0.3) is 0 Å². The van der Waals surface area contributed by atoms with Gasteiger partial charge in [0.25, 0.3) is 0 Å². The van der Waals surface area contributed by atoms with Crippen LogP contribution in [-0.4, -0.2) is 54.7 Å². The van der Waals surface area contributed by atoms with Crippen LogP contribution in [0.5, 0.6) is 0 Å². The second-order valence-electron chi connectivity index (χ2n) is 6.70. The molecule has 0 radical (unpaired) electrons. The van der Waals surface area contributed by atoms with Crippen molar-refractivity contribution >= 4 is 17.7 Å². The van der Waals surface area contributed by atoms with Crippen LogP contribution in [-0.2, 0) is 4.74 Å². The number of hydrogen-bond donors (Lipinski definition) is 1. The first-order chi connectivity index (χ1) is 11.3. The number of halogens is 1. The number of ether oxygens (including phenoxy) is 1. The van der Waals surface area contributed by atoms with Crippen LogP contribution in [0.3, 0.4) is 0 Å². The average molecular weight is 356 g/mol. The molecule has 6 heteroatoms. The lowest BCUT2D eigenvalue weighted by Gasteiger charge is -2.38. The summed E-state index contributed by atoms with van der Waals surface area (Å²) in [4.78, 5) is 16.2. The largest absolute Gasteiger partial charge is 0.444 e. The Kier molecular flexibility index (Phi) is 8.00. The number of benzene rings is 1. The third-order valence-corrected chi connectivity index (χ3v) is 4.21. The topological polar surface area (TPSA) is 58.8 Å². The van der Waals surface area contributed by atoms with E-state index in [1.807, 2.05) is 39.0 Å². The van der Waals surface area contributed by atoms with Crippen molar-refractivity contribution in [2.24, 2.45) is 5.73 Å². The molecule has 0 saturated carbocycles. The van der Waals surface area contributed by atoms with Crippen molar-refractivity contribution in [2.75, 3.05) is 33.2 Å². The summed E-state index contributed by atoms with van der Waals surface area (Å²) in [5, 5.41) is 0.796. The molecule has 2 rings (SSSR count). The molecule has 1 unspecified atom stereocenters. The van der Waals surface area contributed by atoms with Crippen molar-refractivity contribution in [1.29, 1.82) is 0 Å². The van der Waals surface area contributed by atoms with Crippen molar-refractivity contribution < 1.29 is 9.53 Å². The van der Waals surface area contributed by atoms with Gasteiger partial charge >= 0.3 is 6.09 Å². The van der Waals surface area contributed by atoms with Crippen LogP contribution >= 0.6 is 11.6 Å². The Morgan fingerprint density at radius 2 is 1.71 bits per heavy atom. The van der Waals surface area contributed by atoms with Crippen molar-refractivity contribution in [1.82, 2.24) is 9.80 Å². The van der Waals surface area contributed by atoms with Crippen LogP contribution in [0.1, 0.15) is 39.3 Å². The van der Waals surface area contributed by atoms with Gasteiger partial charge < -0.3 is 15.4 Å². The van der Waals surface area contributed by atoms with Gasteiger partial charge in [0.2, 0.25) is 0 Å². The minimum absolute atomic E-state index is 0.224. The number of piperazine rings is 1. The van der Waals surface area contributed by atoms with E-state index in [1.165, 1.54) is 7.05 Å². The molecule has 0 aromatic heterocycles. The second-order valence-corrected chi connectivity index (χ2v) is 7.11. The molecule has 1 aliphatic rings. The fourth-order valence-electron chi connectivity index (χ4n) is 2.63. The first-order valence-electron chi connectivity index (χ1n) is 8.32. The highest BCUT2D eigenvalue weighted by atomic mass is 35.5. The minimum Gasteiger partial charge on any atom is -0.444 e. The molecule has 5 nitrogen and oxygen atoms in total. The Balaban J connectivity index is 0.00000139. The molecule has 1 saturated heterocycles. The van der Waals surface area contributed by atoms with E-state index in [9.17, 15) is 4.79 Å². The molecule has 1 aromatic carbocycles. The summed E-state index contributed by atoms with van der Waals surface area (Å²) in [6.45, 7) is 10.8. The molecule has 2 N–H and O–H groups in total. The van der Waals surface area contributed by atoms with E-state index < -0.39 is 5.60 Å². The van der Waals surface area contributed by atoms with Crippen LogP contribution in [0.2, 0.25) is 5.02 Å². The van der Waals surface area contributed by atoms with Gasteiger partial charge in [0.1, 0.15) is 5.60 Å². The highest BCUT2D eigenvalue weighted by Gasteiger charge is 2.28. The van der Waals surface area contributed by atoms with E-state index in [-0.39, 0.29) is 12.1 Å². The third-order valence-electron chi connectivity index (χ3n) is 3.87. The standard InChI is InChI=1S/C17H25ClN2O2.CH5N/c1-13(14-7-5-6-8-15(14)18)19-9-11-20(12-10-19)16(21)22-17(2,3)4;1-2/h5-8,13H,9-12H2,1-4H3;2H2,1H3. The maximum absolute atomic E-state index is 12.1. The van der Waals surface area contributed by atoms with Crippen molar-refractivity contribution in [3.8, 4) is 0 Å². The van der Waals surface area contributed by atoms with Crippen LogP contribution in [0.15, 0.2) is 24.3 Å². The molecular weight excluding hydrogens is 326 g/mol. The van der Waals surface area contributed by atoms with E-state index in [0.717, 1.165) is 23.7 Å². The molecule has 1 aromatic rings. The van der Waals surface area contributed by atoms with Gasteiger partial charge in [-0.05, 0) is 46.4 Å². The van der Waals surface area contributed by atoms with Gasteiger partial charge in [-0.2, -0.15) is 0 Å². The van der Waals surface area contributed by atoms with Gasteiger partial charge in [-0.25, -0.2) is 4.79 Å². The predicted octanol–water partition coefficient (Wildman–Crippen LogP) is 3.53. The molecule has 0 aliphatic carbocycles. The summed E-state index contributed by atoms with van der Waals surface area (Å²) in [5.41, 5.74) is 5.19. The fraction of sp³-hybridized carbons (Fsp3) is 0.611. The second kappa shape index (κ2) is 9.25. The summed E-state index contributed by atoms with van der Waals surface area (Å²) in [6.07, 6.45) is -0.224. The van der Waals surface area contributed by atoms with Crippen LogP contribution in [0.4, 0.5) is 4.79 Å². The number of nitrogens with zero attached hydrogens (tertiary/aromatic N) is 2. The highest BCUT2D eigenvalue weighted by molar-refractivity contribution is 6.31. The molecule has 136 valence electrons. The molecule has 1 fully saturated rings. The number of hydrogen-bond acceptors (Lipinski definition) is 4. The first kappa shape index (κ1) is 20.7. The van der Waals surface area contributed by atoms with Gasteiger partial charge in [0, 0.05) is 37.2 Å². The van der Waals surface area contributed by atoms with E-state index >= 15 is 0 Å². The number of carbonyl (C=O) groups excluding carboxylic acids is 1. The smallest absolute Gasteiger partial charge is 0.410 e. The summed E-state index contributed by atoms with van der Waals surface area (Å²) < 4.78 is 5.42. The van der Waals surface area contributed by atoms with E-state index in [0.29, 0.717) is 13.1 Å². The molecule has 1 atom stereocenters. The predicted molar refractivity (Wildman–Crippen MR) is 99.4 cm³/mol. The maximum atomic E-state index is 12.1. The molecule has 24 heavy (non-hydrogen) atoms. The lowest BCUT2D eigenvalue weighted by Crippen LogP contribution is -2.50. The zero-order valence-corrected chi connectivity index (χ0v) is 16.1. The fourth-order valence-corrected chi connectivity index (χ4v) is 2.92. The molecule has 0 spiro atoms. The van der Waals surface area contributed by atoms with Crippen molar-refractivity contribution in [3.05, 3.63) is 34.9 Å². The van der Waals surface area contributed by atoms with E-state index in [2.05, 4.69) is 23.6 Å². The SMILES string of the molecule is CC(c1ccccc1Cl)N1CCN(C(=O)OC(C)(C)C)CC1.CN. The average Bonchev–Trinajstić information content (AvgIpc) is 2.55. The van der Waals surface area contributed by atoms with Crippen LogP contribution in [0, 0.1) is 0 Å². The Bertz CT molecular complexity index is 523. The monoisotopic (exact) mass is 355 g/mol. The minimum atomic E-state index is -0.445. The number of nitrogens with two attached hydrogens (primary N) is 1. The Morgan fingerprint density at radius 1 is 1.17 bits per heavy atom.